The van der Waals surface area contributed by atoms with Crippen molar-refractivity contribution in [3.05, 3.63) is 92.7 Å². The van der Waals surface area contributed by atoms with Crippen molar-refractivity contribution >= 4 is 23.4 Å². The number of oxazole rings is 1. The lowest BCUT2D eigenvalue weighted by Crippen LogP contribution is -2.18. The predicted octanol–water partition coefficient (Wildman–Crippen LogP) is 6.04. The van der Waals surface area contributed by atoms with Gasteiger partial charge in [0.2, 0.25) is 5.89 Å². The first-order valence-corrected chi connectivity index (χ1v) is 12.1. The van der Waals surface area contributed by atoms with Crippen molar-refractivity contribution in [2.75, 3.05) is 11.6 Å². The fraction of sp³-hybridized carbons (Fsp3) is 0.200. The summed E-state index contributed by atoms with van der Waals surface area (Å²) < 4.78 is 35.9. The number of nitrogens with zero attached hydrogens (tertiary/aromatic N) is 2. The summed E-state index contributed by atoms with van der Waals surface area (Å²) in [5.74, 6) is 0.668. The molecule has 2 aromatic carbocycles. The van der Waals surface area contributed by atoms with Crippen LogP contribution >= 0.6 is 23.4 Å². The second-order valence-corrected chi connectivity index (χ2v) is 9.61. The van der Waals surface area contributed by atoms with Crippen LogP contribution in [0.2, 0.25) is 5.02 Å². The fourth-order valence-electron chi connectivity index (χ4n) is 4.18. The van der Waals surface area contributed by atoms with E-state index in [0.717, 1.165) is 28.8 Å². The molecule has 5 rings (SSSR count). The third kappa shape index (κ3) is 4.17. The van der Waals surface area contributed by atoms with Crippen LogP contribution in [0.5, 0.6) is 0 Å². The molecule has 1 saturated heterocycles. The van der Waals surface area contributed by atoms with Crippen molar-refractivity contribution in [2.24, 2.45) is 0 Å². The summed E-state index contributed by atoms with van der Waals surface area (Å²) in [4.78, 5) is 17.5. The van der Waals surface area contributed by atoms with Gasteiger partial charge in [0.05, 0.1) is 17.3 Å². The standard InChI is InChI=1S/C25H20ClF2N3O2S/c1-13-7-16(26)8-14(2)23(13)31-10-15(3-6-21(31)32)22-24(18-5-4-17(27)9-19(18)28)33-25(30-22)20-11-34-12-29-20/h3-10,20,29H,11-12H2,1-2H3. The zero-order valence-corrected chi connectivity index (χ0v) is 19.9. The maximum atomic E-state index is 14.8. The lowest BCUT2D eigenvalue weighted by molar-refractivity contribution is 0.447. The summed E-state index contributed by atoms with van der Waals surface area (Å²) in [6.07, 6.45) is 1.66. The number of thioether (sulfide) groups is 1. The number of halogens is 3. The molecule has 1 atom stereocenters. The van der Waals surface area contributed by atoms with Crippen LogP contribution in [-0.4, -0.2) is 21.2 Å². The average molecular weight is 500 g/mol. The Hall–Kier alpha value is -2.94. The lowest BCUT2D eigenvalue weighted by Gasteiger charge is -2.14. The highest BCUT2D eigenvalue weighted by Crippen LogP contribution is 2.37. The van der Waals surface area contributed by atoms with E-state index in [1.54, 1.807) is 36.2 Å². The smallest absolute Gasteiger partial charge is 0.255 e. The molecule has 0 amide bonds. The number of aromatic nitrogens is 2. The Bertz CT molecular complexity index is 1440. The molecule has 1 N–H and O–H groups in total. The maximum absolute atomic E-state index is 14.8. The number of hydrogen-bond acceptors (Lipinski definition) is 5. The Balaban J connectivity index is 1.71. The molecule has 0 radical (unpaired) electrons. The molecule has 2 aromatic heterocycles. The molecule has 34 heavy (non-hydrogen) atoms. The molecular formula is C25H20ClF2N3O2S. The number of aryl methyl sites for hydroxylation is 2. The number of rotatable bonds is 4. The molecule has 9 heteroatoms. The maximum Gasteiger partial charge on any atom is 0.255 e. The molecule has 0 saturated carbocycles. The van der Waals surface area contributed by atoms with E-state index in [1.165, 1.54) is 22.8 Å². The van der Waals surface area contributed by atoms with Gasteiger partial charge in [-0.2, -0.15) is 0 Å². The molecule has 0 spiro atoms. The van der Waals surface area contributed by atoms with E-state index in [9.17, 15) is 13.6 Å². The quantitative estimate of drug-likeness (QED) is 0.371. The monoisotopic (exact) mass is 499 g/mol. The van der Waals surface area contributed by atoms with E-state index in [1.807, 2.05) is 13.8 Å². The van der Waals surface area contributed by atoms with Crippen molar-refractivity contribution < 1.29 is 13.2 Å². The van der Waals surface area contributed by atoms with Gasteiger partial charge < -0.3 is 4.42 Å². The van der Waals surface area contributed by atoms with E-state index in [0.29, 0.717) is 27.9 Å². The van der Waals surface area contributed by atoms with Gasteiger partial charge in [-0.15, -0.1) is 11.8 Å². The largest absolute Gasteiger partial charge is 0.438 e. The highest BCUT2D eigenvalue weighted by molar-refractivity contribution is 7.99. The molecule has 1 unspecified atom stereocenters. The summed E-state index contributed by atoms with van der Waals surface area (Å²) in [7, 11) is 0. The molecule has 1 aliphatic heterocycles. The van der Waals surface area contributed by atoms with E-state index < -0.39 is 11.6 Å². The second-order valence-electron chi connectivity index (χ2n) is 8.14. The molecule has 5 nitrogen and oxygen atoms in total. The molecular weight excluding hydrogens is 480 g/mol. The van der Waals surface area contributed by atoms with E-state index in [2.05, 4.69) is 10.3 Å². The van der Waals surface area contributed by atoms with Crippen LogP contribution in [0.4, 0.5) is 8.78 Å². The number of pyridine rings is 1. The zero-order chi connectivity index (χ0) is 24.0. The Kier molecular flexibility index (Phi) is 6.06. The van der Waals surface area contributed by atoms with Gasteiger partial charge >= 0.3 is 0 Å². The first kappa shape index (κ1) is 22.8. The Morgan fingerprint density at radius 2 is 1.91 bits per heavy atom. The third-order valence-electron chi connectivity index (χ3n) is 5.72. The summed E-state index contributed by atoms with van der Waals surface area (Å²) in [6, 6.07) is 9.84. The second kappa shape index (κ2) is 9.02. The van der Waals surface area contributed by atoms with Crippen molar-refractivity contribution in [1.29, 1.82) is 0 Å². The van der Waals surface area contributed by atoms with Gasteiger partial charge in [0, 0.05) is 40.5 Å². The predicted molar refractivity (Wildman–Crippen MR) is 131 cm³/mol. The third-order valence-corrected chi connectivity index (χ3v) is 6.87. The van der Waals surface area contributed by atoms with Crippen molar-refractivity contribution in [3.8, 4) is 28.3 Å². The summed E-state index contributed by atoms with van der Waals surface area (Å²) >= 11 is 7.88. The van der Waals surface area contributed by atoms with Crippen LogP contribution in [0.3, 0.4) is 0 Å². The Morgan fingerprint density at radius 1 is 1.15 bits per heavy atom. The van der Waals surface area contributed by atoms with E-state index in [-0.39, 0.29) is 22.9 Å². The van der Waals surface area contributed by atoms with Gasteiger partial charge in [0.1, 0.15) is 17.3 Å². The van der Waals surface area contributed by atoms with Crippen LogP contribution in [-0.2, 0) is 0 Å². The van der Waals surface area contributed by atoms with Gasteiger partial charge in [-0.1, -0.05) is 11.6 Å². The number of benzene rings is 2. The van der Waals surface area contributed by atoms with Crippen molar-refractivity contribution in [3.63, 3.8) is 0 Å². The van der Waals surface area contributed by atoms with Crippen LogP contribution in [0, 0.1) is 25.5 Å². The van der Waals surface area contributed by atoms with Gasteiger partial charge in [-0.25, -0.2) is 13.8 Å². The molecule has 0 bridgehead atoms. The minimum Gasteiger partial charge on any atom is -0.438 e. The van der Waals surface area contributed by atoms with Crippen LogP contribution in [0.25, 0.3) is 28.3 Å². The molecule has 1 fully saturated rings. The van der Waals surface area contributed by atoms with Crippen molar-refractivity contribution in [1.82, 2.24) is 14.9 Å². The summed E-state index contributed by atoms with van der Waals surface area (Å²) in [6.45, 7) is 3.76. The molecule has 3 heterocycles. The van der Waals surface area contributed by atoms with Gasteiger partial charge in [0.25, 0.3) is 5.56 Å². The minimum atomic E-state index is -0.754. The SMILES string of the molecule is Cc1cc(Cl)cc(C)c1-n1cc(-c2nc(C3CSCN3)oc2-c2ccc(F)cc2F)ccc1=O. The summed E-state index contributed by atoms with van der Waals surface area (Å²) in [5, 5.41) is 3.88. The van der Waals surface area contributed by atoms with E-state index in [4.69, 9.17) is 16.0 Å². The summed E-state index contributed by atoms with van der Waals surface area (Å²) in [5.41, 5.74) is 3.18. The average Bonchev–Trinajstić information content (AvgIpc) is 3.44. The topological polar surface area (TPSA) is 60.1 Å². The van der Waals surface area contributed by atoms with Crippen molar-refractivity contribution in [2.45, 2.75) is 19.9 Å². The zero-order valence-electron chi connectivity index (χ0n) is 18.4. The van der Waals surface area contributed by atoms with Gasteiger partial charge in [0.15, 0.2) is 5.76 Å². The Morgan fingerprint density at radius 3 is 2.59 bits per heavy atom. The number of hydrogen-bond donors (Lipinski definition) is 1. The molecule has 4 aromatic rings. The minimum absolute atomic E-state index is 0.0948. The van der Waals surface area contributed by atoms with Crippen LogP contribution in [0.1, 0.15) is 23.1 Å². The Labute approximate surface area is 203 Å². The van der Waals surface area contributed by atoms with Crippen LogP contribution in [0.15, 0.2) is 57.9 Å². The molecule has 174 valence electrons. The first-order valence-electron chi connectivity index (χ1n) is 10.6. The highest BCUT2D eigenvalue weighted by Gasteiger charge is 2.27. The molecule has 0 aliphatic carbocycles. The van der Waals surface area contributed by atoms with Gasteiger partial charge in [-0.05, 0) is 55.3 Å². The lowest BCUT2D eigenvalue weighted by atomic mass is 10.1. The first-order chi connectivity index (χ1) is 16.3. The fourth-order valence-corrected chi connectivity index (χ4v) is 5.44. The normalized spacial score (nSPS) is 15.7. The van der Waals surface area contributed by atoms with E-state index >= 15 is 0 Å². The van der Waals surface area contributed by atoms with Crippen LogP contribution < -0.4 is 10.9 Å². The van der Waals surface area contributed by atoms with Gasteiger partial charge in [-0.3, -0.25) is 14.7 Å². The number of nitrogens with one attached hydrogen (secondary N) is 1. The highest BCUT2D eigenvalue weighted by atomic mass is 35.5. The molecule has 1 aliphatic rings.